The summed E-state index contributed by atoms with van der Waals surface area (Å²) in [6.45, 7) is 3.37. The van der Waals surface area contributed by atoms with Crippen LogP contribution in [0.5, 0.6) is 0 Å². The molecule has 0 saturated heterocycles. The van der Waals surface area contributed by atoms with Gasteiger partial charge in [0.15, 0.2) is 5.16 Å². The molecule has 0 aliphatic carbocycles. The molecule has 0 saturated carbocycles. The molecule has 0 fully saturated rings. The van der Waals surface area contributed by atoms with Gasteiger partial charge in [-0.2, -0.15) is 13.2 Å². The van der Waals surface area contributed by atoms with E-state index < -0.39 is 30.9 Å². The molecule has 1 heterocycles. The van der Waals surface area contributed by atoms with Crippen LogP contribution in [0.4, 0.5) is 18.9 Å². The number of benzene rings is 1. The summed E-state index contributed by atoms with van der Waals surface area (Å²) < 4.78 is 60.6. The van der Waals surface area contributed by atoms with Gasteiger partial charge in [-0.1, -0.05) is 0 Å². The van der Waals surface area contributed by atoms with Crippen LogP contribution < -0.4 is 0 Å². The molecule has 2 rings (SSSR count). The van der Waals surface area contributed by atoms with E-state index in [1.165, 1.54) is 0 Å². The minimum absolute atomic E-state index is 0.0730. The molecule has 0 atom stereocenters. The summed E-state index contributed by atoms with van der Waals surface area (Å²) in [5.41, 5.74) is -5.12. The van der Waals surface area contributed by atoms with Crippen molar-refractivity contribution in [1.82, 2.24) is 9.97 Å². The van der Waals surface area contributed by atoms with Crippen LogP contribution in [0.3, 0.4) is 0 Å². The van der Waals surface area contributed by atoms with Gasteiger partial charge in [-0.05, 0) is 43.8 Å². The Morgan fingerprint density at radius 2 is 1.68 bits per heavy atom. The Morgan fingerprint density at radius 1 is 1.12 bits per heavy atom. The molecule has 1 aromatic heterocycles. The zero-order chi connectivity index (χ0) is 19.0. The fourth-order valence-corrected chi connectivity index (χ4v) is 3.60. The Balaban J connectivity index is 2.52. The first kappa shape index (κ1) is 19.1. The lowest BCUT2D eigenvalue weighted by Crippen LogP contribution is -2.23. The number of alkyl halides is 3. The number of aromatic nitrogens is 2. The first-order chi connectivity index (χ1) is 11.4. The van der Waals surface area contributed by atoms with Gasteiger partial charge in [0.1, 0.15) is 0 Å². The highest BCUT2D eigenvalue weighted by atomic mass is 32.2. The molecule has 0 amide bonds. The Labute approximate surface area is 144 Å². The summed E-state index contributed by atoms with van der Waals surface area (Å²) in [6.07, 6.45) is 0. The first-order valence-electron chi connectivity index (χ1n) is 6.52. The van der Waals surface area contributed by atoms with Crippen LogP contribution in [-0.2, 0) is 9.84 Å². The average Bonchev–Trinajstić information content (AvgIpc) is 2.44. The summed E-state index contributed by atoms with van der Waals surface area (Å²) in [5.74, 6) is 0. The van der Waals surface area contributed by atoms with Crippen molar-refractivity contribution in [3.63, 3.8) is 0 Å². The van der Waals surface area contributed by atoms with E-state index in [1.54, 1.807) is 19.9 Å². The third-order valence-electron chi connectivity index (χ3n) is 2.91. The molecule has 2 aromatic rings. The Kier molecular flexibility index (Phi) is 5.04. The van der Waals surface area contributed by atoms with E-state index in [9.17, 15) is 31.7 Å². The summed E-state index contributed by atoms with van der Waals surface area (Å²) in [5, 5.41) is 11.3. The van der Waals surface area contributed by atoms with E-state index in [-0.39, 0.29) is 10.1 Å². The average molecular weight is 393 g/mol. The molecule has 0 aliphatic heterocycles. The Hall–Kier alpha value is -2.21. The fraction of sp³-hybridized carbons (Fsp3) is 0.231. The fourth-order valence-electron chi connectivity index (χ4n) is 1.86. The van der Waals surface area contributed by atoms with E-state index >= 15 is 0 Å². The maximum atomic E-state index is 12.6. The highest BCUT2D eigenvalue weighted by molar-refractivity contribution is 7.99. The number of nitro benzene ring substituents is 1. The van der Waals surface area contributed by atoms with Crippen molar-refractivity contribution < 1.29 is 26.5 Å². The van der Waals surface area contributed by atoms with Crippen LogP contribution in [0.1, 0.15) is 11.4 Å². The van der Waals surface area contributed by atoms with Crippen molar-refractivity contribution in [1.29, 1.82) is 0 Å². The summed E-state index contributed by atoms with van der Waals surface area (Å²) in [7, 11) is -5.68. The summed E-state index contributed by atoms with van der Waals surface area (Å²) in [6, 6.07) is 3.66. The van der Waals surface area contributed by atoms with Crippen molar-refractivity contribution in [3.8, 4) is 0 Å². The lowest BCUT2D eigenvalue weighted by atomic mass is 10.3. The standard InChI is InChI=1S/C13H10F3N3O4S2/c1-7-5-8(2)18-12(17-7)24-11-4-3-9(6-10(11)19(20)21)25(22,23)13(14,15)16/h3-6H,1-2H3. The Morgan fingerprint density at radius 3 is 2.16 bits per heavy atom. The largest absolute Gasteiger partial charge is 0.501 e. The molecule has 0 spiro atoms. The quantitative estimate of drug-likeness (QED) is 0.445. The van der Waals surface area contributed by atoms with Gasteiger partial charge in [0.2, 0.25) is 0 Å². The van der Waals surface area contributed by atoms with E-state index in [4.69, 9.17) is 0 Å². The van der Waals surface area contributed by atoms with Gasteiger partial charge in [0.05, 0.1) is 14.7 Å². The molecule has 0 bridgehead atoms. The number of nitro groups is 1. The van der Waals surface area contributed by atoms with Crippen LogP contribution in [0.2, 0.25) is 0 Å². The predicted molar refractivity (Wildman–Crippen MR) is 82.0 cm³/mol. The number of hydrogen-bond acceptors (Lipinski definition) is 7. The maximum Gasteiger partial charge on any atom is 0.501 e. The number of rotatable bonds is 4. The minimum atomic E-state index is -5.68. The normalized spacial score (nSPS) is 12.2. The van der Waals surface area contributed by atoms with Crippen molar-refractivity contribution >= 4 is 27.3 Å². The van der Waals surface area contributed by atoms with Gasteiger partial charge in [-0.3, -0.25) is 10.1 Å². The van der Waals surface area contributed by atoms with Crippen molar-refractivity contribution in [2.75, 3.05) is 0 Å². The van der Waals surface area contributed by atoms with E-state index in [2.05, 4.69) is 9.97 Å². The molecule has 0 radical (unpaired) electrons. The molecule has 1 aromatic carbocycles. The van der Waals surface area contributed by atoms with Gasteiger partial charge in [0.25, 0.3) is 15.5 Å². The molecule has 134 valence electrons. The zero-order valence-electron chi connectivity index (χ0n) is 12.7. The Bertz CT molecular complexity index is 926. The molecule has 0 N–H and O–H groups in total. The van der Waals surface area contributed by atoms with E-state index in [0.717, 1.165) is 17.8 Å². The highest BCUT2D eigenvalue weighted by Gasteiger charge is 2.47. The predicted octanol–water partition coefficient (Wildman–Crippen LogP) is 3.45. The molecular weight excluding hydrogens is 383 g/mol. The summed E-state index contributed by atoms with van der Waals surface area (Å²) in [4.78, 5) is 17.1. The van der Waals surface area contributed by atoms with Gasteiger partial charge in [0, 0.05) is 17.5 Å². The van der Waals surface area contributed by atoms with E-state index in [1.807, 2.05) is 0 Å². The molecule has 0 aliphatic rings. The molecule has 12 heteroatoms. The molecule has 25 heavy (non-hydrogen) atoms. The number of halogens is 3. The van der Waals surface area contributed by atoms with Crippen molar-refractivity contribution in [2.24, 2.45) is 0 Å². The van der Waals surface area contributed by atoms with Gasteiger partial charge in [-0.15, -0.1) is 0 Å². The van der Waals surface area contributed by atoms with Crippen molar-refractivity contribution in [2.45, 2.75) is 34.3 Å². The lowest BCUT2D eigenvalue weighted by molar-refractivity contribution is -0.388. The number of sulfone groups is 1. The second-order valence-electron chi connectivity index (χ2n) is 4.87. The molecule has 7 nitrogen and oxygen atoms in total. The third kappa shape index (κ3) is 4.07. The minimum Gasteiger partial charge on any atom is -0.258 e. The van der Waals surface area contributed by atoms with Crippen LogP contribution in [0.15, 0.2) is 39.2 Å². The van der Waals surface area contributed by atoms with E-state index in [0.29, 0.717) is 23.5 Å². The zero-order valence-corrected chi connectivity index (χ0v) is 14.4. The lowest BCUT2D eigenvalue weighted by Gasteiger charge is -2.09. The van der Waals surface area contributed by atoms with Crippen LogP contribution in [0, 0.1) is 24.0 Å². The topological polar surface area (TPSA) is 103 Å². The second kappa shape index (κ2) is 6.59. The smallest absolute Gasteiger partial charge is 0.258 e. The monoisotopic (exact) mass is 393 g/mol. The highest BCUT2D eigenvalue weighted by Crippen LogP contribution is 2.37. The van der Waals surface area contributed by atoms with Gasteiger partial charge >= 0.3 is 5.51 Å². The number of nitrogens with zero attached hydrogens (tertiary/aromatic N) is 3. The maximum absolute atomic E-state index is 12.6. The summed E-state index contributed by atoms with van der Waals surface area (Å²) >= 11 is 0.758. The third-order valence-corrected chi connectivity index (χ3v) is 5.32. The number of aryl methyl sites for hydroxylation is 2. The molecular formula is C13H10F3N3O4S2. The number of hydrogen-bond donors (Lipinski definition) is 0. The van der Waals surface area contributed by atoms with Crippen LogP contribution in [-0.4, -0.2) is 28.8 Å². The van der Waals surface area contributed by atoms with Gasteiger partial charge < -0.3 is 0 Å². The first-order valence-corrected chi connectivity index (χ1v) is 8.82. The van der Waals surface area contributed by atoms with Gasteiger partial charge in [-0.25, -0.2) is 18.4 Å². The van der Waals surface area contributed by atoms with Crippen LogP contribution in [0.25, 0.3) is 0 Å². The second-order valence-corrected chi connectivity index (χ2v) is 7.82. The SMILES string of the molecule is Cc1cc(C)nc(Sc2ccc(S(=O)(=O)C(F)(F)F)cc2[N+](=O)[O-])n1. The molecule has 0 unspecified atom stereocenters. The van der Waals surface area contributed by atoms with Crippen LogP contribution >= 0.6 is 11.8 Å². The van der Waals surface area contributed by atoms with Crippen molar-refractivity contribution in [3.05, 3.63) is 45.8 Å².